The molecule has 0 spiro atoms. The van der Waals surface area contributed by atoms with Gasteiger partial charge < -0.3 is 25.3 Å². The number of rotatable bonds is 9. The zero-order valence-corrected chi connectivity index (χ0v) is 20.8. The van der Waals surface area contributed by atoms with Crippen molar-refractivity contribution in [2.75, 3.05) is 18.9 Å². The molecule has 0 aliphatic carbocycles. The number of ether oxygens (including phenoxy) is 1. The molecule has 0 aliphatic rings. The second-order valence-corrected chi connectivity index (χ2v) is 8.38. The molecule has 12 heteroatoms. The number of benzene rings is 2. The van der Waals surface area contributed by atoms with Gasteiger partial charge in [0.2, 0.25) is 23.7 Å². The number of carbonyl (C=O) groups is 2. The molecule has 0 radical (unpaired) electrons. The van der Waals surface area contributed by atoms with Gasteiger partial charge in [0.25, 0.3) is 11.5 Å². The smallest absolute Gasteiger partial charge is 0.287 e. The monoisotopic (exact) mass is 536 g/mol. The number of amides is 2. The van der Waals surface area contributed by atoms with E-state index in [4.69, 9.17) is 16.3 Å². The topological polar surface area (TPSA) is 127 Å². The summed E-state index contributed by atoms with van der Waals surface area (Å²) < 4.78 is 20.5. The first kappa shape index (κ1) is 26.3. The van der Waals surface area contributed by atoms with Crippen LogP contribution in [-0.4, -0.2) is 39.9 Å². The summed E-state index contributed by atoms with van der Waals surface area (Å²) in [6, 6.07) is 17.9. The van der Waals surface area contributed by atoms with Crippen LogP contribution in [0.4, 0.5) is 16.0 Å². The lowest BCUT2D eigenvalue weighted by Crippen LogP contribution is -2.38. The number of nitrogens with one attached hydrogen (secondary N) is 3. The summed E-state index contributed by atoms with van der Waals surface area (Å²) in [5.74, 6) is -1.09. The molecule has 0 atom stereocenters. The van der Waals surface area contributed by atoms with Gasteiger partial charge in [-0.15, -0.1) is 0 Å². The Morgan fingerprint density at radius 3 is 2.45 bits per heavy atom. The highest BCUT2D eigenvalue weighted by Crippen LogP contribution is 2.23. The highest BCUT2D eigenvalue weighted by Gasteiger charge is 2.17. The summed E-state index contributed by atoms with van der Waals surface area (Å²) in [6.07, 6.45) is 1.37. The first-order valence-electron chi connectivity index (χ1n) is 11.3. The van der Waals surface area contributed by atoms with Crippen LogP contribution in [0.5, 0.6) is 11.6 Å². The van der Waals surface area contributed by atoms with Crippen LogP contribution >= 0.6 is 11.6 Å². The van der Waals surface area contributed by atoms with Gasteiger partial charge in [-0.2, -0.15) is 14.4 Å². The van der Waals surface area contributed by atoms with Gasteiger partial charge in [-0.3, -0.25) is 14.4 Å². The lowest BCUT2D eigenvalue weighted by molar-refractivity contribution is -0.119. The molecule has 0 saturated heterocycles. The van der Waals surface area contributed by atoms with E-state index >= 15 is 0 Å². The molecule has 2 aromatic heterocycles. The zero-order chi connectivity index (χ0) is 27.1. The van der Waals surface area contributed by atoms with Crippen molar-refractivity contribution in [1.82, 2.24) is 25.2 Å². The Balaban J connectivity index is 1.59. The van der Waals surface area contributed by atoms with Crippen LogP contribution in [0.25, 0.3) is 0 Å². The number of pyridine rings is 1. The minimum absolute atomic E-state index is 0.106. The molecular formula is C26H22ClFN6O4. The molecule has 194 valence electrons. The number of likely N-dealkylation sites (N-methyl/N-ethyl adjacent to an activating group) is 1. The van der Waals surface area contributed by atoms with Crippen molar-refractivity contribution < 1.29 is 18.7 Å². The van der Waals surface area contributed by atoms with Crippen LogP contribution in [0.15, 0.2) is 77.7 Å². The normalized spacial score (nSPS) is 10.5. The van der Waals surface area contributed by atoms with Gasteiger partial charge in [0.15, 0.2) is 0 Å². The molecule has 0 fully saturated rings. The average Bonchev–Trinajstić information content (AvgIpc) is 2.91. The van der Waals surface area contributed by atoms with E-state index in [0.29, 0.717) is 16.5 Å². The third-order valence-electron chi connectivity index (χ3n) is 5.22. The fraction of sp³-hybridized carbons (Fsp3) is 0.115. The summed E-state index contributed by atoms with van der Waals surface area (Å²) in [4.78, 5) is 44.5. The Labute approximate surface area is 221 Å². The predicted octanol–water partition coefficient (Wildman–Crippen LogP) is 3.49. The maximum absolute atomic E-state index is 13.3. The van der Waals surface area contributed by atoms with Crippen molar-refractivity contribution in [3.63, 3.8) is 0 Å². The molecule has 2 aromatic carbocycles. The van der Waals surface area contributed by atoms with E-state index in [-0.39, 0.29) is 30.5 Å². The van der Waals surface area contributed by atoms with Gasteiger partial charge in [0.05, 0.1) is 13.1 Å². The number of halogens is 2. The van der Waals surface area contributed by atoms with Crippen molar-refractivity contribution in [1.29, 1.82) is 0 Å². The molecule has 0 unspecified atom stereocenters. The molecule has 4 rings (SSSR count). The van der Waals surface area contributed by atoms with E-state index in [1.807, 2.05) is 12.1 Å². The number of nitrogens with zero attached hydrogens (tertiary/aromatic N) is 3. The van der Waals surface area contributed by atoms with Crippen LogP contribution in [0.2, 0.25) is 5.02 Å². The summed E-state index contributed by atoms with van der Waals surface area (Å²) >= 11 is 5.99. The Morgan fingerprint density at radius 2 is 1.76 bits per heavy atom. The number of aromatic nitrogens is 3. The van der Waals surface area contributed by atoms with E-state index in [2.05, 4.69) is 25.9 Å². The van der Waals surface area contributed by atoms with Crippen LogP contribution < -0.4 is 26.2 Å². The van der Waals surface area contributed by atoms with Gasteiger partial charge in [-0.1, -0.05) is 29.8 Å². The van der Waals surface area contributed by atoms with E-state index in [1.165, 1.54) is 31.4 Å². The quantitative estimate of drug-likeness (QED) is 0.279. The largest absolute Gasteiger partial charge is 0.439 e. The predicted molar refractivity (Wildman–Crippen MR) is 139 cm³/mol. The van der Waals surface area contributed by atoms with Crippen LogP contribution in [0, 0.1) is 5.95 Å². The number of carbonyl (C=O) groups excluding carboxylic acids is 2. The van der Waals surface area contributed by atoms with Gasteiger partial charge in [0.1, 0.15) is 11.3 Å². The first-order valence-corrected chi connectivity index (χ1v) is 11.7. The molecular weight excluding hydrogens is 515 g/mol. The second kappa shape index (κ2) is 12.0. The SMILES string of the molecule is CNC(=O)CNC(=O)c1cn(Cc2ccc(Cl)cc2)c(Nc2ccc(Oc3cccc(F)n3)cc2)nc1=O. The number of anilines is 2. The molecule has 0 aliphatic heterocycles. The van der Waals surface area contributed by atoms with Crippen molar-refractivity contribution in [3.05, 3.63) is 105 Å². The van der Waals surface area contributed by atoms with Crippen LogP contribution in [-0.2, 0) is 11.3 Å². The highest BCUT2D eigenvalue weighted by molar-refractivity contribution is 6.30. The van der Waals surface area contributed by atoms with Crippen molar-refractivity contribution >= 4 is 35.1 Å². The van der Waals surface area contributed by atoms with Gasteiger partial charge >= 0.3 is 0 Å². The highest BCUT2D eigenvalue weighted by atomic mass is 35.5. The van der Waals surface area contributed by atoms with E-state index in [9.17, 15) is 18.8 Å². The first-order chi connectivity index (χ1) is 18.3. The molecule has 2 heterocycles. The molecule has 0 saturated carbocycles. The molecule has 2 amide bonds. The van der Waals surface area contributed by atoms with E-state index in [0.717, 1.165) is 5.56 Å². The van der Waals surface area contributed by atoms with Crippen LogP contribution in [0.3, 0.4) is 0 Å². The Hall–Kier alpha value is -4.77. The Morgan fingerprint density at radius 1 is 1.03 bits per heavy atom. The van der Waals surface area contributed by atoms with Crippen molar-refractivity contribution in [2.24, 2.45) is 0 Å². The maximum atomic E-state index is 13.3. The molecule has 4 aromatic rings. The molecule has 3 N–H and O–H groups in total. The van der Waals surface area contributed by atoms with E-state index < -0.39 is 23.3 Å². The van der Waals surface area contributed by atoms with E-state index in [1.54, 1.807) is 41.0 Å². The molecule has 10 nitrogen and oxygen atoms in total. The number of hydrogen-bond acceptors (Lipinski definition) is 7. The summed E-state index contributed by atoms with van der Waals surface area (Å²) in [6.45, 7) is -0.0273. The molecule has 0 bridgehead atoms. The molecule has 38 heavy (non-hydrogen) atoms. The fourth-order valence-electron chi connectivity index (χ4n) is 3.30. The van der Waals surface area contributed by atoms with Crippen molar-refractivity contribution in [3.8, 4) is 11.6 Å². The van der Waals surface area contributed by atoms with Crippen LogP contribution in [0.1, 0.15) is 15.9 Å². The summed E-state index contributed by atoms with van der Waals surface area (Å²) in [5, 5.41) is 8.43. The maximum Gasteiger partial charge on any atom is 0.287 e. The summed E-state index contributed by atoms with van der Waals surface area (Å²) in [7, 11) is 1.44. The third kappa shape index (κ3) is 6.92. The third-order valence-corrected chi connectivity index (χ3v) is 5.47. The fourth-order valence-corrected chi connectivity index (χ4v) is 3.43. The van der Waals surface area contributed by atoms with Crippen molar-refractivity contribution in [2.45, 2.75) is 6.54 Å². The van der Waals surface area contributed by atoms with Gasteiger partial charge in [0, 0.05) is 30.0 Å². The van der Waals surface area contributed by atoms with Gasteiger partial charge in [-0.25, -0.2) is 0 Å². The minimum Gasteiger partial charge on any atom is -0.439 e. The number of hydrogen-bond donors (Lipinski definition) is 3. The lowest BCUT2D eigenvalue weighted by atomic mass is 10.2. The van der Waals surface area contributed by atoms with Gasteiger partial charge in [-0.05, 0) is 48.0 Å². The average molecular weight is 537 g/mol. The Kier molecular flexibility index (Phi) is 8.29. The summed E-state index contributed by atoms with van der Waals surface area (Å²) in [5.41, 5.74) is 0.412. The second-order valence-electron chi connectivity index (χ2n) is 7.94. The minimum atomic E-state index is -0.772. The Bertz CT molecular complexity index is 1510. The standard InChI is InChI=1S/C26H22ClFN6O4/c1-29-22(35)13-30-24(36)20-15-34(14-16-5-7-17(27)8-6-16)26(33-25(20)37)31-18-9-11-19(12-10-18)38-23-4-2-3-21(28)32-23/h2-12,15H,13-14H2,1H3,(H,29,35)(H,30,36)(H,31,33,37). The zero-order valence-electron chi connectivity index (χ0n) is 20.1. The lowest BCUT2D eigenvalue weighted by Gasteiger charge is -2.16.